The Labute approximate surface area is 123 Å². The van der Waals surface area contributed by atoms with Gasteiger partial charge in [-0.25, -0.2) is 0 Å². The molecule has 7 heteroatoms. The van der Waals surface area contributed by atoms with Gasteiger partial charge < -0.3 is 30.6 Å². The minimum absolute atomic E-state index is 0.0128. The number of Topliss-reactive ketones (excluding diaryl/α,β-unsaturated/α-hetero) is 1. The van der Waals surface area contributed by atoms with Gasteiger partial charge in [0.05, 0.1) is 6.61 Å². The van der Waals surface area contributed by atoms with E-state index in [1.807, 2.05) is 0 Å². The number of rotatable bonds is 8. The zero-order valence-corrected chi connectivity index (χ0v) is 11.2. The van der Waals surface area contributed by atoms with Crippen LogP contribution < -0.4 is 0 Å². The predicted molar refractivity (Wildman–Crippen MR) is 72.5 cm³/mol. The molecule has 1 unspecified atom stereocenters. The van der Waals surface area contributed by atoms with Crippen molar-refractivity contribution in [1.29, 1.82) is 0 Å². The maximum atomic E-state index is 11.8. The van der Waals surface area contributed by atoms with Crippen LogP contribution in [0.5, 0.6) is 5.75 Å². The van der Waals surface area contributed by atoms with Crippen LogP contribution in [0.1, 0.15) is 13.4 Å². The van der Waals surface area contributed by atoms with Gasteiger partial charge in [0.25, 0.3) is 0 Å². The fourth-order valence-electron chi connectivity index (χ4n) is 1.66. The Hall–Kier alpha value is -1.51. The molecule has 21 heavy (non-hydrogen) atoms. The quantitative estimate of drug-likeness (QED) is 0.337. The first kappa shape index (κ1) is 15.9. The number of benzene rings is 1. The monoisotopic (exact) mass is 301 g/mol. The second-order valence-corrected chi connectivity index (χ2v) is 4.64. The standard InChI is InChI=1S/C14H20O7/c15-7-11(18)13(20)14(21)12(19)10(17)6-3-8-1-4-9(16)5-2-8/h1-2,4-5,11-16,18-21H,3,6-7H2/t11-,12+,13-,14-/m1/s1/i3D/t3?,11-,12+,13-,14-. The summed E-state index contributed by atoms with van der Waals surface area (Å²) in [6.07, 6.45) is -8.98. The van der Waals surface area contributed by atoms with Crippen molar-refractivity contribution in [3.63, 3.8) is 0 Å². The Bertz CT molecular complexity index is 479. The number of aliphatic hydroxyl groups is 5. The molecule has 5 atom stereocenters. The summed E-state index contributed by atoms with van der Waals surface area (Å²) >= 11 is 0. The van der Waals surface area contributed by atoms with E-state index in [2.05, 4.69) is 0 Å². The number of hydrogen-bond donors (Lipinski definition) is 6. The molecule has 0 aliphatic heterocycles. The van der Waals surface area contributed by atoms with Crippen LogP contribution in [0.4, 0.5) is 0 Å². The summed E-state index contributed by atoms with van der Waals surface area (Å²) < 4.78 is 7.83. The molecule has 0 heterocycles. The number of hydrogen-bond acceptors (Lipinski definition) is 7. The fraction of sp³-hybridized carbons (Fsp3) is 0.500. The molecule has 0 saturated carbocycles. The lowest BCUT2D eigenvalue weighted by Gasteiger charge is -2.24. The van der Waals surface area contributed by atoms with E-state index in [-0.39, 0.29) is 5.75 Å². The summed E-state index contributed by atoms with van der Waals surface area (Å²) in [7, 11) is 0. The van der Waals surface area contributed by atoms with Crippen LogP contribution in [0.15, 0.2) is 24.3 Å². The third-order valence-electron chi connectivity index (χ3n) is 3.02. The smallest absolute Gasteiger partial charge is 0.164 e. The van der Waals surface area contributed by atoms with Crippen molar-refractivity contribution < 1.29 is 36.8 Å². The van der Waals surface area contributed by atoms with E-state index >= 15 is 0 Å². The van der Waals surface area contributed by atoms with E-state index in [4.69, 9.17) is 11.6 Å². The van der Waals surface area contributed by atoms with E-state index in [0.717, 1.165) is 0 Å². The van der Waals surface area contributed by atoms with Crippen LogP contribution in [0, 0.1) is 0 Å². The van der Waals surface area contributed by atoms with Crippen molar-refractivity contribution in [1.82, 2.24) is 0 Å². The maximum absolute atomic E-state index is 11.8. The third-order valence-corrected chi connectivity index (χ3v) is 3.02. The molecule has 0 saturated heterocycles. The van der Waals surface area contributed by atoms with E-state index in [1.54, 1.807) is 0 Å². The van der Waals surface area contributed by atoms with Gasteiger partial charge >= 0.3 is 0 Å². The molecule has 7 nitrogen and oxygen atoms in total. The lowest BCUT2D eigenvalue weighted by atomic mass is 9.97. The summed E-state index contributed by atoms with van der Waals surface area (Å²) in [5.41, 5.74) is 0.434. The molecule has 0 radical (unpaired) electrons. The van der Waals surface area contributed by atoms with Crippen LogP contribution in [-0.2, 0) is 11.2 Å². The first-order chi connectivity index (χ1) is 10.3. The van der Waals surface area contributed by atoms with E-state index in [1.165, 1.54) is 24.3 Å². The molecule has 1 rings (SSSR count). The maximum Gasteiger partial charge on any atom is 0.164 e. The highest BCUT2D eigenvalue weighted by atomic mass is 16.4. The summed E-state index contributed by atoms with van der Waals surface area (Å²) in [6.45, 7) is -0.840. The average Bonchev–Trinajstić information content (AvgIpc) is 2.52. The molecule has 0 aliphatic carbocycles. The van der Waals surface area contributed by atoms with E-state index in [9.17, 15) is 25.2 Å². The summed E-state index contributed by atoms with van der Waals surface area (Å²) in [5, 5.41) is 55.7. The molecular formula is C14H20O7. The Morgan fingerprint density at radius 2 is 1.67 bits per heavy atom. The molecule has 0 spiro atoms. The van der Waals surface area contributed by atoms with Crippen molar-refractivity contribution in [3.05, 3.63) is 29.8 Å². The van der Waals surface area contributed by atoms with Gasteiger partial charge in [0.15, 0.2) is 5.78 Å². The van der Waals surface area contributed by atoms with Crippen molar-refractivity contribution in [2.75, 3.05) is 6.61 Å². The van der Waals surface area contributed by atoms with E-state index < -0.39 is 49.6 Å². The lowest BCUT2D eigenvalue weighted by molar-refractivity contribution is -0.146. The zero-order valence-electron chi connectivity index (χ0n) is 12.2. The van der Waals surface area contributed by atoms with Crippen molar-refractivity contribution >= 4 is 5.78 Å². The van der Waals surface area contributed by atoms with Crippen molar-refractivity contribution in [2.45, 2.75) is 37.2 Å². The Morgan fingerprint density at radius 1 is 1.10 bits per heavy atom. The molecule has 0 aliphatic rings. The van der Waals surface area contributed by atoms with Gasteiger partial charge in [-0.15, -0.1) is 0 Å². The number of ketones is 1. The van der Waals surface area contributed by atoms with Crippen molar-refractivity contribution in [3.8, 4) is 5.75 Å². The molecule has 0 fully saturated rings. The Kier molecular flexibility index (Phi) is 6.09. The number of phenolic OH excluding ortho intramolecular Hbond substituents is 1. The largest absolute Gasteiger partial charge is 0.508 e. The summed E-state index contributed by atoms with van der Waals surface area (Å²) in [6, 6.07) is 5.61. The van der Waals surface area contributed by atoms with E-state index in [0.29, 0.717) is 5.56 Å². The normalized spacial score (nSPS) is 19.2. The first-order valence-electron chi connectivity index (χ1n) is 6.92. The van der Waals surface area contributed by atoms with Crippen LogP contribution in [-0.4, -0.2) is 67.4 Å². The highest BCUT2D eigenvalue weighted by Gasteiger charge is 2.33. The summed E-state index contributed by atoms with van der Waals surface area (Å²) in [5.74, 6) is -0.872. The number of aromatic hydroxyl groups is 1. The van der Waals surface area contributed by atoms with Gasteiger partial charge in [-0.3, -0.25) is 4.79 Å². The first-order valence-corrected chi connectivity index (χ1v) is 6.35. The Morgan fingerprint density at radius 3 is 2.19 bits per heavy atom. The van der Waals surface area contributed by atoms with Crippen LogP contribution in [0.25, 0.3) is 0 Å². The molecular weight excluding hydrogens is 280 g/mol. The van der Waals surface area contributed by atoms with Crippen molar-refractivity contribution in [2.24, 2.45) is 0 Å². The molecule has 1 aromatic carbocycles. The van der Waals surface area contributed by atoms with Crippen LogP contribution in [0.3, 0.4) is 0 Å². The number of aryl methyl sites for hydroxylation is 1. The van der Waals surface area contributed by atoms with Gasteiger partial charge in [-0.2, -0.15) is 0 Å². The molecule has 0 bridgehead atoms. The molecule has 0 amide bonds. The highest BCUT2D eigenvalue weighted by Crippen LogP contribution is 2.13. The average molecular weight is 301 g/mol. The topological polar surface area (TPSA) is 138 Å². The molecule has 1 aromatic rings. The molecule has 6 N–H and O–H groups in total. The van der Waals surface area contributed by atoms with Gasteiger partial charge in [-0.05, 0) is 24.1 Å². The van der Waals surface area contributed by atoms with Gasteiger partial charge in [0.2, 0.25) is 0 Å². The number of carbonyl (C=O) groups excluding carboxylic acids is 1. The van der Waals surface area contributed by atoms with Gasteiger partial charge in [0.1, 0.15) is 30.2 Å². The van der Waals surface area contributed by atoms with Gasteiger partial charge in [-0.1, -0.05) is 12.1 Å². The van der Waals surface area contributed by atoms with Crippen LogP contribution >= 0.6 is 0 Å². The number of phenols is 1. The minimum Gasteiger partial charge on any atom is -0.508 e. The van der Waals surface area contributed by atoms with Gasteiger partial charge in [0, 0.05) is 7.79 Å². The highest BCUT2D eigenvalue weighted by molar-refractivity contribution is 5.83. The lowest BCUT2D eigenvalue weighted by Crippen LogP contribution is -2.48. The van der Waals surface area contributed by atoms with Crippen LogP contribution in [0.2, 0.25) is 0 Å². The fourth-order valence-corrected chi connectivity index (χ4v) is 1.66. The Balaban J connectivity index is 2.65. The molecule has 118 valence electrons. The SMILES string of the molecule is [2H]C(CC(=O)[C@H](O)[C@@H](O)[C@H](O)[C@H](O)CO)c1ccc(O)cc1. The number of aliphatic hydroxyl groups excluding tert-OH is 5. The second kappa shape index (κ2) is 8.06. The third kappa shape index (κ3) is 5.07. The predicted octanol–water partition coefficient (Wildman–Crippen LogP) is -1.67. The minimum atomic E-state index is -1.99. The zero-order chi connectivity index (χ0) is 16.9. The molecule has 0 aromatic heterocycles. The second-order valence-electron chi connectivity index (χ2n) is 4.64. The number of carbonyl (C=O) groups is 1. The summed E-state index contributed by atoms with van der Waals surface area (Å²) in [4.78, 5) is 11.8.